The summed E-state index contributed by atoms with van der Waals surface area (Å²) in [5.74, 6) is -0.309. The van der Waals surface area contributed by atoms with Crippen molar-refractivity contribution >= 4 is 11.7 Å². The molecule has 7 rings (SSSR count). The number of carbonyl (C=O) groups excluding carboxylic acids is 1. The molecule has 2 N–H and O–H groups in total. The highest BCUT2D eigenvalue weighted by Gasteiger charge is 2.80. The Bertz CT molecular complexity index is 812. The lowest BCUT2D eigenvalue weighted by Crippen LogP contribution is -2.79. The summed E-state index contributed by atoms with van der Waals surface area (Å²) >= 11 is 0. The Morgan fingerprint density at radius 1 is 1.27 bits per heavy atom. The van der Waals surface area contributed by atoms with Crippen molar-refractivity contribution < 1.29 is 14.6 Å². The van der Waals surface area contributed by atoms with E-state index in [1.54, 1.807) is 0 Å². The van der Waals surface area contributed by atoms with E-state index < -0.39 is 0 Å². The third kappa shape index (κ3) is 1.38. The number of piperidine rings is 1. The molecule has 3 aliphatic carbocycles. The van der Waals surface area contributed by atoms with Crippen molar-refractivity contribution in [1.29, 1.82) is 0 Å². The molecule has 5 heteroatoms. The maximum Gasteiger partial charge on any atom is 0.311 e. The highest BCUT2D eigenvalue weighted by atomic mass is 16.5. The van der Waals surface area contributed by atoms with E-state index in [4.69, 9.17) is 4.74 Å². The van der Waals surface area contributed by atoms with Crippen LogP contribution in [0.15, 0.2) is 24.3 Å². The number of hydrogen-bond acceptors (Lipinski definition) is 5. The van der Waals surface area contributed by atoms with Crippen LogP contribution in [0.3, 0.4) is 0 Å². The Labute approximate surface area is 153 Å². The number of nitrogens with zero attached hydrogens (tertiary/aromatic N) is 1. The van der Waals surface area contributed by atoms with E-state index in [0.717, 1.165) is 45.2 Å². The zero-order valence-electron chi connectivity index (χ0n) is 15.2. The number of para-hydroxylation sites is 1. The molecule has 5 fully saturated rings. The Hall–Kier alpha value is -1.59. The summed E-state index contributed by atoms with van der Waals surface area (Å²) in [6.45, 7) is 2.03. The van der Waals surface area contributed by atoms with Crippen LogP contribution in [0.1, 0.15) is 37.7 Å². The van der Waals surface area contributed by atoms with E-state index in [0.29, 0.717) is 6.04 Å². The Balaban J connectivity index is 1.66. The number of hydrogen-bond donors (Lipinski definition) is 2. The normalized spacial score (nSPS) is 47.7. The number of rotatable bonds is 1. The molecule has 3 aliphatic heterocycles. The molecule has 3 spiro atoms. The topological polar surface area (TPSA) is 61.8 Å². The first-order chi connectivity index (χ1) is 12.6. The summed E-state index contributed by atoms with van der Waals surface area (Å²) in [4.78, 5) is 15.6. The van der Waals surface area contributed by atoms with Crippen LogP contribution in [0, 0.1) is 11.3 Å². The molecule has 6 aliphatic rings. The van der Waals surface area contributed by atoms with Crippen LogP contribution in [-0.2, 0) is 14.9 Å². The summed E-state index contributed by atoms with van der Waals surface area (Å²) in [5, 5.41) is 15.0. The summed E-state index contributed by atoms with van der Waals surface area (Å²) < 4.78 is 5.28. The SMILES string of the molecule is COC(=O)[C@H]1C[C@]23CC[C@@]14Nc1ccccc1[C@@]41CCN(CC[C@@H]2O)[C@@H]31. The zero-order valence-corrected chi connectivity index (χ0v) is 15.2. The minimum atomic E-state index is -0.322. The molecule has 2 bridgehead atoms. The predicted octanol–water partition coefficient (Wildman–Crippen LogP) is 1.90. The van der Waals surface area contributed by atoms with Gasteiger partial charge < -0.3 is 15.2 Å². The number of aliphatic hydroxyl groups excluding tert-OH is 1. The molecule has 26 heavy (non-hydrogen) atoms. The second kappa shape index (κ2) is 4.63. The largest absolute Gasteiger partial charge is 0.469 e. The fourth-order valence-corrected chi connectivity index (χ4v) is 7.99. The lowest BCUT2D eigenvalue weighted by molar-refractivity contribution is -0.196. The fourth-order valence-electron chi connectivity index (χ4n) is 7.99. The average molecular weight is 354 g/mol. The molecule has 138 valence electrons. The van der Waals surface area contributed by atoms with Gasteiger partial charge in [0.15, 0.2) is 0 Å². The molecule has 3 saturated carbocycles. The summed E-state index contributed by atoms with van der Waals surface area (Å²) in [6.07, 6.45) is 4.22. The van der Waals surface area contributed by atoms with E-state index in [2.05, 4.69) is 34.5 Å². The number of aliphatic hydroxyl groups is 1. The second-order valence-corrected chi connectivity index (χ2v) is 9.12. The zero-order chi connectivity index (χ0) is 17.7. The standard InChI is InChI=1S/C21H26N2O3/c1-26-17(25)14-12-19-7-8-21(14)20(13-4-2-3-5-15(13)22-21)9-11-23(18(19)20)10-6-16(19)24/h2-5,14,16,18,22,24H,6-12H2,1H3/t14-,16+,18+,19-,20-,21-/m1/s1. The van der Waals surface area contributed by atoms with Gasteiger partial charge in [0.1, 0.15) is 0 Å². The van der Waals surface area contributed by atoms with Gasteiger partial charge in [-0.05, 0) is 50.3 Å². The van der Waals surface area contributed by atoms with Gasteiger partial charge in [-0.15, -0.1) is 0 Å². The highest BCUT2D eigenvalue weighted by molar-refractivity contribution is 5.80. The molecule has 0 radical (unpaired) electrons. The quantitative estimate of drug-likeness (QED) is 0.755. The number of anilines is 1. The Morgan fingerprint density at radius 3 is 2.96 bits per heavy atom. The molecule has 0 unspecified atom stereocenters. The van der Waals surface area contributed by atoms with Gasteiger partial charge in [-0.1, -0.05) is 18.2 Å². The molecule has 0 aromatic heterocycles. The van der Waals surface area contributed by atoms with Gasteiger partial charge in [0, 0.05) is 29.1 Å². The summed E-state index contributed by atoms with van der Waals surface area (Å²) in [5.41, 5.74) is 1.98. The molecule has 2 saturated heterocycles. The van der Waals surface area contributed by atoms with Crippen molar-refractivity contribution in [2.45, 2.75) is 55.2 Å². The van der Waals surface area contributed by atoms with Crippen molar-refractivity contribution in [2.24, 2.45) is 11.3 Å². The number of methoxy groups -OCH3 is 1. The van der Waals surface area contributed by atoms with Gasteiger partial charge in [-0.25, -0.2) is 0 Å². The molecule has 6 atom stereocenters. The fraction of sp³-hybridized carbons (Fsp3) is 0.667. The minimum Gasteiger partial charge on any atom is -0.469 e. The number of ether oxygens (including phenoxy) is 1. The van der Waals surface area contributed by atoms with Crippen LogP contribution in [0.5, 0.6) is 0 Å². The van der Waals surface area contributed by atoms with Crippen molar-refractivity contribution in [3.63, 3.8) is 0 Å². The smallest absolute Gasteiger partial charge is 0.311 e. The van der Waals surface area contributed by atoms with Gasteiger partial charge in [0.2, 0.25) is 0 Å². The van der Waals surface area contributed by atoms with Crippen LogP contribution in [0.2, 0.25) is 0 Å². The first-order valence-electron chi connectivity index (χ1n) is 9.97. The maximum absolute atomic E-state index is 12.9. The van der Waals surface area contributed by atoms with Crippen LogP contribution in [0.25, 0.3) is 0 Å². The predicted molar refractivity (Wildman–Crippen MR) is 96.9 cm³/mol. The first-order valence-corrected chi connectivity index (χ1v) is 9.97. The Kier molecular flexibility index (Phi) is 2.75. The summed E-state index contributed by atoms with van der Waals surface area (Å²) in [7, 11) is 1.50. The first kappa shape index (κ1) is 15.5. The molecule has 1 aromatic rings. The highest BCUT2D eigenvalue weighted by Crippen LogP contribution is 2.74. The van der Waals surface area contributed by atoms with Crippen molar-refractivity contribution in [3.8, 4) is 0 Å². The number of esters is 1. The van der Waals surface area contributed by atoms with Crippen molar-refractivity contribution in [2.75, 3.05) is 25.5 Å². The van der Waals surface area contributed by atoms with Crippen LogP contribution < -0.4 is 5.32 Å². The van der Waals surface area contributed by atoms with Gasteiger partial charge >= 0.3 is 5.97 Å². The minimum absolute atomic E-state index is 0.0969. The molecule has 3 heterocycles. The number of fused-ring (bicyclic) bond motifs is 3. The molecule has 0 amide bonds. The lowest BCUT2D eigenvalue weighted by Gasteiger charge is -2.69. The third-order valence-corrected chi connectivity index (χ3v) is 8.73. The van der Waals surface area contributed by atoms with Crippen LogP contribution >= 0.6 is 0 Å². The van der Waals surface area contributed by atoms with Crippen LogP contribution in [0.4, 0.5) is 5.69 Å². The van der Waals surface area contributed by atoms with E-state index in [9.17, 15) is 9.90 Å². The Morgan fingerprint density at radius 2 is 2.12 bits per heavy atom. The van der Waals surface area contributed by atoms with Gasteiger partial charge in [0.05, 0.1) is 24.7 Å². The number of nitrogens with one attached hydrogen (secondary N) is 1. The van der Waals surface area contributed by atoms with Crippen molar-refractivity contribution in [1.82, 2.24) is 4.90 Å². The van der Waals surface area contributed by atoms with E-state index in [-0.39, 0.29) is 34.4 Å². The van der Waals surface area contributed by atoms with E-state index >= 15 is 0 Å². The lowest BCUT2D eigenvalue weighted by atomic mass is 9.38. The average Bonchev–Trinajstić information content (AvgIpc) is 3.21. The number of carbonyl (C=O) groups is 1. The third-order valence-electron chi connectivity index (χ3n) is 8.73. The monoisotopic (exact) mass is 354 g/mol. The summed E-state index contributed by atoms with van der Waals surface area (Å²) in [6, 6.07) is 8.94. The molecule has 5 nitrogen and oxygen atoms in total. The van der Waals surface area contributed by atoms with Crippen LogP contribution in [-0.4, -0.2) is 53.9 Å². The van der Waals surface area contributed by atoms with Gasteiger partial charge in [-0.2, -0.15) is 0 Å². The second-order valence-electron chi connectivity index (χ2n) is 9.12. The van der Waals surface area contributed by atoms with Gasteiger partial charge in [-0.3, -0.25) is 9.69 Å². The van der Waals surface area contributed by atoms with Crippen molar-refractivity contribution in [3.05, 3.63) is 29.8 Å². The van der Waals surface area contributed by atoms with Gasteiger partial charge in [0.25, 0.3) is 0 Å². The molecule has 1 aromatic carbocycles. The van der Waals surface area contributed by atoms with E-state index in [1.165, 1.54) is 18.4 Å². The maximum atomic E-state index is 12.9. The number of benzene rings is 1. The van der Waals surface area contributed by atoms with E-state index in [1.807, 2.05) is 0 Å². The molecular weight excluding hydrogens is 328 g/mol. The molecular formula is C21H26N2O3.